The summed E-state index contributed by atoms with van der Waals surface area (Å²) in [4.78, 5) is 25.1. The molecule has 0 aromatic carbocycles. The van der Waals surface area contributed by atoms with Crippen molar-refractivity contribution in [1.82, 2.24) is 24.9 Å². The van der Waals surface area contributed by atoms with Gasteiger partial charge in [0.1, 0.15) is 0 Å². The van der Waals surface area contributed by atoms with Crippen molar-refractivity contribution in [3.63, 3.8) is 0 Å². The largest absolute Gasteiger partial charge is 0.341 e. The van der Waals surface area contributed by atoms with Crippen LogP contribution in [0.1, 0.15) is 31.2 Å². The Hall–Kier alpha value is -2.28. The van der Waals surface area contributed by atoms with E-state index in [9.17, 15) is 4.79 Å². The van der Waals surface area contributed by atoms with Crippen molar-refractivity contribution in [1.29, 1.82) is 0 Å². The molecule has 5 rings (SSSR count). The number of rotatable bonds is 3. The fourth-order valence-corrected chi connectivity index (χ4v) is 4.27. The second kappa shape index (κ2) is 5.36. The zero-order valence-electron chi connectivity index (χ0n) is 14.3. The van der Waals surface area contributed by atoms with Crippen molar-refractivity contribution in [2.75, 3.05) is 26.7 Å². The summed E-state index contributed by atoms with van der Waals surface area (Å²) in [5, 5.41) is 4.13. The summed E-state index contributed by atoms with van der Waals surface area (Å²) in [6.07, 6.45) is 6.56. The highest BCUT2D eigenvalue weighted by molar-refractivity contribution is 5.82. The minimum absolute atomic E-state index is 0.126. The maximum absolute atomic E-state index is 12.2. The Morgan fingerprint density at radius 3 is 2.72 bits per heavy atom. The highest BCUT2D eigenvalue weighted by Crippen LogP contribution is 2.48. The number of hydrogen-bond donors (Lipinski definition) is 0. The number of pyridine rings is 1. The summed E-state index contributed by atoms with van der Waals surface area (Å²) < 4.78 is 5.55. The molecule has 0 N–H and O–H groups in total. The Morgan fingerprint density at radius 2 is 2.00 bits per heavy atom. The van der Waals surface area contributed by atoms with Crippen LogP contribution in [0.25, 0.3) is 11.4 Å². The number of amides is 1. The third-order valence-electron chi connectivity index (χ3n) is 5.70. The van der Waals surface area contributed by atoms with E-state index in [0.717, 1.165) is 44.5 Å². The zero-order chi connectivity index (χ0) is 17.0. The fourth-order valence-electron chi connectivity index (χ4n) is 4.27. The molecular formula is C18H21N5O2. The molecule has 130 valence electrons. The molecule has 7 nitrogen and oxygen atoms in total. The van der Waals surface area contributed by atoms with E-state index in [0.29, 0.717) is 23.5 Å². The lowest BCUT2D eigenvalue weighted by Crippen LogP contribution is -2.59. The Bertz CT molecular complexity index is 795. The molecule has 1 unspecified atom stereocenters. The number of carbonyl (C=O) groups excluding carboxylic acids is 1. The predicted octanol–water partition coefficient (Wildman–Crippen LogP) is 1.75. The van der Waals surface area contributed by atoms with Gasteiger partial charge in [0, 0.05) is 48.9 Å². The molecule has 2 aliphatic heterocycles. The number of nitrogens with zero attached hydrogens (tertiary/aromatic N) is 5. The van der Waals surface area contributed by atoms with Gasteiger partial charge in [-0.25, -0.2) is 0 Å². The second-order valence-electron chi connectivity index (χ2n) is 7.80. The van der Waals surface area contributed by atoms with Crippen LogP contribution in [-0.2, 0) is 4.79 Å². The third-order valence-corrected chi connectivity index (χ3v) is 5.70. The summed E-state index contributed by atoms with van der Waals surface area (Å²) in [6, 6.07) is 3.88. The topological polar surface area (TPSA) is 75.4 Å². The van der Waals surface area contributed by atoms with Gasteiger partial charge in [0.2, 0.25) is 17.6 Å². The van der Waals surface area contributed by atoms with Gasteiger partial charge in [-0.05, 0) is 38.4 Å². The van der Waals surface area contributed by atoms with Gasteiger partial charge in [0.15, 0.2) is 0 Å². The molecule has 1 amide bonds. The fraction of sp³-hybridized carbons (Fsp3) is 0.556. The molecule has 0 bridgehead atoms. The lowest BCUT2D eigenvalue weighted by molar-refractivity contribution is -0.144. The smallest absolute Gasteiger partial charge is 0.244 e. The van der Waals surface area contributed by atoms with Crippen LogP contribution in [0.15, 0.2) is 29.0 Å². The van der Waals surface area contributed by atoms with Gasteiger partial charge in [0.25, 0.3) is 0 Å². The van der Waals surface area contributed by atoms with Gasteiger partial charge >= 0.3 is 0 Å². The van der Waals surface area contributed by atoms with Gasteiger partial charge in [-0.15, -0.1) is 0 Å². The first-order chi connectivity index (χ1) is 12.1. The van der Waals surface area contributed by atoms with E-state index >= 15 is 0 Å². The average molecular weight is 339 g/mol. The second-order valence-corrected chi connectivity index (χ2v) is 7.80. The van der Waals surface area contributed by atoms with Gasteiger partial charge in [0.05, 0.1) is 6.04 Å². The van der Waals surface area contributed by atoms with Crippen molar-refractivity contribution in [3.8, 4) is 11.4 Å². The van der Waals surface area contributed by atoms with Gasteiger partial charge in [-0.2, -0.15) is 4.98 Å². The zero-order valence-corrected chi connectivity index (χ0v) is 14.3. The van der Waals surface area contributed by atoms with Crippen LogP contribution in [0.5, 0.6) is 0 Å². The molecule has 1 aliphatic carbocycles. The average Bonchev–Trinajstić information content (AvgIpc) is 3.22. The van der Waals surface area contributed by atoms with Crippen LogP contribution in [0.4, 0.5) is 0 Å². The van der Waals surface area contributed by atoms with Crippen molar-refractivity contribution < 1.29 is 9.32 Å². The molecular weight excluding hydrogens is 318 g/mol. The molecule has 2 aromatic heterocycles. The predicted molar refractivity (Wildman–Crippen MR) is 89.3 cm³/mol. The van der Waals surface area contributed by atoms with E-state index in [2.05, 4.69) is 27.1 Å². The SMILES string of the molecule is CN1CC2(CC1c1nc(-c3ccncc3)no1)CN(C(=O)C1CC1)C2. The van der Waals surface area contributed by atoms with Crippen LogP contribution < -0.4 is 0 Å². The highest BCUT2D eigenvalue weighted by atomic mass is 16.5. The summed E-state index contributed by atoms with van der Waals surface area (Å²) >= 11 is 0. The lowest BCUT2D eigenvalue weighted by Gasteiger charge is -2.48. The van der Waals surface area contributed by atoms with Crippen molar-refractivity contribution >= 4 is 5.91 Å². The van der Waals surface area contributed by atoms with Crippen LogP contribution >= 0.6 is 0 Å². The van der Waals surface area contributed by atoms with E-state index in [1.165, 1.54) is 0 Å². The molecule has 1 spiro atoms. The molecule has 3 fully saturated rings. The Labute approximate surface area is 146 Å². The highest BCUT2D eigenvalue weighted by Gasteiger charge is 2.54. The monoisotopic (exact) mass is 339 g/mol. The minimum atomic E-state index is 0.126. The summed E-state index contributed by atoms with van der Waals surface area (Å²) in [7, 11) is 2.10. The molecule has 25 heavy (non-hydrogen) atoms. The molecule has 7 heteroatoms. The van der Waals surface area contributed by atoms with Crippen LogP contribution in [0, 0.1) is 11.3 Å². The van der Waals surface area contributed by atoms with Crippen molar-refractivity contribution in [2.24, 2.45) is 11.3 Å². The molecule has 2 saturated heterocycles. The van der Waals surface area contributed by atoms with Crippen LogP contribution in [0.3, 0.4) is 0 Å². The normalized spacial score (nSPS) is 25.3. The third kappa shape index (κ3) is 2.54. The number of aromatic nitrogens is 3. The summed E-state index contributed by atoms with van der Waals surface area (Å²) in [5.74, 6) is 1.93. The molecule has 2 aromatic rings. The van der Waals surface area contributed by atoms with Crippen molar-refractivity contribution in [3.05, 3.63) is 30.4 Å². The maximum Gasteiger partial charge on any atom is 0.244 e. The first kappa shape index (κ1) is 15.0. The first-order valence-electron chi connectivity index (χ1n) is 8.87. The minimum Gasteiger partial charge on any atom is -0.341 e. The molecule has 0 radical (unpaired) electrons. The Balaban J connectivity index is 1.29. The van der Waals surface area contributed by atoms with E-state index in [1.807, 2.05) is 17.0 Å². The number of likely N-dealkylation sites (tertiary alicyclic amines) is 2. The maximum atomic E-state index is 12.2. The van der Waals surface area contributed by atoms with Crippen LogP contribution in [0.2, 0.25) is 0 Å². The quantitative estimate of drug-likeness (QED) is 0.848. The molecule has 1 atom stereocenters. The van der Waals surface area contributed by atoms with Gasteiger partial charge < -0.3 is 9.42 Å². The molecule has 3 aliphatic rings. The summed E-state index contributed by atoms with van der Waals surface area (Å²) in [6.45, 7) is 2.71. The van der Waals surface area contributed by atoms with Crippen LogP contribution in [-0.4, -0.2) is 57.5 Å². The number of hydrogen-bond acceptors (Lipinski definition) is 6. The van der Waals surface area contributed by atoms with E-state index < -0.39 is 0 Å². The van der Waals surface area contributed by atoms with Gasteiger partial charge in [-0.3, -0.25) is 14.7 Å². The number of carbonyl (C=O) groups is 1. The van der Waals surface area contributed by atoms with Crippen molar-refractivity contribution in [2.45, 2.75) is 25.3 Å². The Morgan fingerprint density at radius 1 is 1.24 bits per heavy atom. The summed E-state index contributed by atoms with van der Waals surface area (Å²) in [5.41, 5.74) is 1.10. The molecule has 1 saturated carbocycles. The Kier molecular flexibility index (Phi) is 3.22. The lowest BCUT2D eigenvalue weighted by atomic mass is 9.77. The van der Waals surface area contributed by atoms with E-state index in [4.69, 9.17) is 4.52 Å². The standard InChI is InChI=1S/C18H21N5O2/c1-22-9-18(10-23(11-18)17(24)13-2-3-13)8-14(22)16-20-15(21-25-16)12-4-6-19-7-5-12/h4-7,13-14H,2-3,8-11H2,1H3. The van der Waals surface area contributed by atoms with E-state index in [1.54, 1.807) is 12.4 Å². The van der Waals surface area contributed by atoms with Gasteiger partial charge in [-0.1, -0.05) is 5.16 Å². The first-order valence-corrected chi connectivity index (χ1v) is 8.87. The molecule has 4 heterocycles. The van der Waals surface area contributed by atoms with E-state index in [-0.39, 0.29) is 11.5 Å².